The summed E-state index contributed by atoms with van der Waals surface area (Å²) in [6, 6.07) is 0.190. The quantitative estimate of drug-likeness (QED) is 0.832. The van der Waals surface area contributed by atoms with Crippen LogP contribution in [-0.4, -0.2) is 38.3 Å². The van der Waals surface area contributed by atoms with Crippen molar-refractivity contribution in [2.75, 3.05) is 26.3 Å². The first-order chi connectivity index (χ1) is 9.95. The predicted octanol–water partition coefficient (Wildman–Crippen LogP) is 2.76. The maximum Gasteiger partial charge on any atom is 0.221 e. The summed E-state index contributed by atoms with van der Waals surface area (Å²) in [7, 11) is 0. The highest BCUT2D eigenvalue weighted by molar-refractivity contribution is 5.85. The third kappa shape index (κ3) is 6.43. The maximum absolute atomic E-state index is 12.0. The Morgan fingerprint density at radius 2 is 1.91 bits per heavy atom. The Balaban J connectivity index is 0.00000242. The van der Waals surface area contributed by atoms with E-state index in [2.05, 4.69) is 31.4 Å². The molecule has 2 rings (SSSR count). The minimum Gasteiger partial charge on any atom is -0.378 e. The van der Waals surface area contributed by atoms with Gasteiger partial charge in [-0.15, -0.1) is 12.4 Å². The van der Waals surface area contributed by atoms with E-state index in [0.717, 1.165) is 25.6 Å². The molecule has 22 heavy (non-hydrogen) atoms. The summed E-state index contributed by atoms with van der Waals surface area (Å²) >= 11 is 0. The normalized spacial score (nSPS) is 29.5. The van der Waals surface area contributed by atoms with Crippen LogP contribution in [0.4, 0.5) is 0 Å². The SMILES string of the molecule is CC(C)(C)C1CCC(CNC(=O)CC2COCCN2)CC1.Cl. The van der Waals surface area contributed by atoms with Gasteiger partial charge in [-0.1, -0.05) is 20.8 Å². The molecular weight excluding hydrogens is 300 g/mol. The van der Waals surface area contributed by atoms with Gasteiger partial charge in [0.25, 0.3) is 0 Å². The van der Waals surface area contributed by atoms with E-state index < -0.39 is 0 Å². The van der Waals surface area contributed by atoms with Gasteiger partial charge < -0.3 is 15.4 Å². The third-order valence-corrected chi connectivity index (χ3v) is 5.09. The largest absolute Gasteiger partial charge is 0.378 e. The van der Waals surface area contributed by atoms with Gasteiger partial charge >= 0.3 is 0 Å². The molecule has 130 valence electrons. The Morgan fingerprint density at radius 3 is 2.45 bits per heavy atom. The molecule has 0 aromatic rings. The third-order valence-electron chi connectivity index (χ3n) is 5.09. The first kappa shape index (κ1) is 19.7. The molecule has 1 aliphatic heterocycles. The average Bonchev–Trinajstić information content (AvgIpc) is 2.46. The second kappa shape index (κ2) is 9.09. The molecule has 0 aromatic heterocycles. The zero-order valence-electron chi connectivity index (χ0n) is 14.3. The summed E-state index contributed by atoms with van der Waals surface area (Å²) in [5, 5.41) is 6.44. The number of hydrogen-bond acceptors (Lipinski definition) is 3. The van der Waals surface area contributed by atoms with Gasteiger partial charge in [0.05, 0.1) is 13.2 Å². The van der Waals surface area contributed by atoms with Crippen LogP contribution in [0.15, 0.2) is 0 Å². The van der Waals surface area contributed by atoms with Crippen molar-refractivity contribution in [3.63, 3.8) is 0 Å². The highest BCUT2D eigenvalue weighted by Crippen LogP contribution is 2.39. The van der Waals surface area contributed by atoms with E-state index in [-0.39, 0.29) is 24.4 Å². The van der Waals surface area contributed by atoms with Crippen LogP contribution >= 0.6 is 12.4 Å². The number of nitrogens with one attached hydrogen (secondary N) is 2. The highest BCUT2D eigenvalue weighted by Gasteiger charge is 2.29. The van der Waals surface area contributed by atoms with Crippen molar-refractivity contribution < 1.29 is 9.53 Å². The van der Waals surface area contributed by atoms with Crippen molar-refractivity contribution in [1.82, 2.24) is 10.6 Å². The molecule has 0 aromatic carbocycles. The summed E-state index contributed by atoms with van der Waals surface area (Å²) in [6.45, 7) is 10.2. The molecule has 1 aliphatic carbocycles. The summed E-state index contributed by atoms with van der Waals surface area (Å²) in [6.07, 6.45) is 5.67. The Labute approximate surface area is 141 Å². The summed E-state index contributed by atoms with van der Waals surface area (Å²) in [5.74, 6) is 1.67. The molecule has 0 spiro atoms. The molecule has 1 saturated carbocycles. The van der Waals surface area contributed by atoms with Crippen molar-refractivity contribution in [1.29, 1.82) is 0 Å². The van der Waals surface area contributed by atoms with E-state index in [1.165, 1.54) is 25.7 Å². The Hall–Kier alpha value is -0.320. The molecule has 0 bridgehead atoms. The van der Waals surface area contributed by atoms with Gasteiger partial charge in [-0.05, 0) is 42.9 Å². The first-order valence-corrected chi connectivity index (χ1v) is 8.53. The fourth-order valence-electron chi connectivity index (χ4n) is 3.54. The summed E-state index contributed by atoms with van der Waals surface area (Å²) in [5.41, 5.74) is 0.431. The lowest BCUT2D eigenvalue weighted by Crippen LogP contribution is -2.44. The van der Waals surface area contributed by atoms with E-state index in [1.807, 2.05) is 0 Å². The van der Waals surface area contributed by atoms with Gasteiger partial charge in [0.1, 0.15) is 0 Å². The maximum atomic E-state index is 12.0. The van der Waals surface area contributed by atoms with Crippen LogP contribution in [0.5, 0.6) is 0 Å². The first-order valence-electron chi connectivity index (χ1n) is 8.53. The number of carbonyl (C=O) groups excluding carboxylic acids is 1. The molecule has 5 heteroatoms. The van der Waals surface area contributed by atoms with Crippen molar-refractivity contribution in [3.8, 4) is 0 Å². The lowest BCUT2D eigenvalue weighted by atomic mass is 9.70. The Kier molecular flexibility index (Phi) is 8.15. The number of amides is 1. The molecule has 2 fully saturated rings. The second-order valence-corrected chi connectivity index (χ2v) is 7.82. The van der Waals surface area contributed by atoms with E-state index in [1.54, 1.807) is 0 Å². The lowest BCUT2D eigenvalue weighted by molar-refractivity contribution is -0.122. The van der Waals surface area contributed by atoms with Gasteiger partial charge in [-0.2, -0.15) is 0 Å². The van der Waals surface area contributed by atoms with Gasteiger partial charge in [0.15, 0.2) is 0 Å². The minimum atomic E-state index is 0. The molecule has 2 N–H and O–H groups in total. The fourth-order valence-corrected chi connectivity index (χ4v) is 3.54. The topological polar surface area (TPSA) is 50.4 Å². The molecule has 1 saturated heterocycles. The van der Waals surface area contributed by atoms with Crippen molar-refractivity contribution in [2.45, 2.75) is 58.9 Å². The van der Waals surface area contributed by atoms with Crippen LogP contribution in [0.2, 0.25) is 0 Å². The zero-order valence-corrected chi connectivity index (χ0v) is 15.1. The lowest BCUT2D eigenvalue weighted by Gasteiger charge is -2.37. The summed E-state index contributed by atoms with van der Waals surface area (Å²) < 4.78 is 5.38. The van der Waals surface area contributed by atoms with Crippen LogP contribution in [0.25, 0.3) is 0 Å². The molecule has 4 nitrogen and oxygen atoms in total. The molecule has 1 amide bonds. The Bertz CT molecular complexity index is 330. The number of morpholine rings is 1. The van der Waals surface area contributed by atoms with Crippen LogP contribution in [0, 0.1) is 17.3 Å². The number of rotatable bonds is 4. The van der Waals surface area contributed by atoms with E-state index in [0.29, 0.717) is 24.4 Å². The van der Waals surface area contributed by atoms with Gasteiger partial charge in [-0.3, -0.25) is 4.79 Å². The van der Waals surface area contributed by atoms with Gasteiger partial charge in [-0.25, -0.2) is 0 Å². The van der Waals surface area contributed by atoms with Crippen LogP contribution in [0.3, 0.4) is 0 Å². The number of carbonyl (C=O) groups is 1. The minimum absolute atomic E-state index is 0. The van der Waals surface area contributed by atoms with E-state index in [9.17, 15) is 4.79 Å². The standard InChI is InChI=1S/C17H32N2O2.ClH/c1-17(2,3)14-6-4-13(5-7-14)11-19-16(20)10-15-12-21-9-8-18-15;/h13-15,18H,4-12H2,1-3H3,(H,19,20);1H. The predicted molar refractivity (Wildman–Crippen MR) is 92.4 cm³/mol. The Morgan fingerprint density at radius 1 is 1.23 bits per heavy atom. The molecule has 1 unspecified atom stereocenters. The zero-order chi connectivity index (χ0) is 15.3. The van der Waals surface area contributed by atoms with E-state index >= 15 is 0 Å². The fraction of sp³-hybridized carbons (Fsp3) is 0.941. The molecule has 2 aliphatic rings. The van der Waals surface area contributed by atoms with Gasteiger partial charge in [0.2, 0.25) is 5.91 Å². The van der Waals surface area contributed by atoms with E-state index in [4.69, 9.17) is 4.74 Å². The molecular formula is C17H33ClN2O2. The molecule has 1 heterocycles. The molecule has 0 radical (unpaired) electrons. The number of halogens is 1. The van der Waals surface area contributed by atoms with Crippen LogP contribution in [-0.2, 0) is 9.53 Å². The second-order valence-electron chi connectivity index (χ2n) is 7.82. The van der Waals surface area contributed by atoms with Gasteiger partial charge in [0, 0.05) is 25.6 Å². The monoisotopic (exact) mass is 332 g/mol. The van der Waals surface area contributed by atoms with Crippen molar-refractivity contribution in [2.24, 2.45) is 17.3 Å². The molecule has 1 atom stereocenters. The average molecular weight is 333 g/mol. The van der Waals surface area contributed by atoms with Crippen LogP contribution < -0.4 is 10.6 Å². The smallest absolute Gasteiger partial charge is 0.221 e. The summed E-state index contributed by atoms with van der Waals surface area (Å²) in [4.78, 5) is 12.0. The highest BCUT2D eigenvalue weighted by atomic mass is 35.5. The van der Waals surface area contributed by atoms with Crippen molar-refractivity contribution >= 4 is 18.3 Å². The number of hydrogen-bond donors (Lipinski definition) is 2. The van der Waals surface area contributed by atoms with Crippen LogP contribution in [0.1, 0.15) is 52.9 Å². The number of ether oxygens (including phenoxy) is 1. The van der Waals surface area contributed by atoms with Crippen molar-refractivity contribution in [3.05, 3.63) is 0 Å².